The van der Waals surface area contributed by atoms with Crippen molar-refractivity contribution in [2.75, 3.05) is 19.6 Å². The van der Waals surface area contributed by atoms with Crippen LogP contribution < -0.4 is 0 Å². The summed E-state index contributed by atoms with van der Waals surface area (Å²) in [6.45, 7) is 10.7. The molecule has 0 aromatic rings. The van der Waals surface area contributed by atoms with Crippen molar-refractivity contribution in [3.05, 3.63) is 11.6 Å². The van der Waals surface area contributed by atoms with Gasteiger partial charge in [0.25, 0.3) is 0 Å². The zero-order valence-corrected chi connectivity index (χ0v) is 10.1. The molecule has 0 N–H and O–H groups in total. The summed E-state index contributed by atoms with van der Waals surface area (Å²) in [5, 5.41) is 0. The molecule has 0 spiro atoms. The average molecular weight is 195 g/mol. The maximum atomic E-state index is 2.59. The van der Waals surface area contributed by atoms with E-state index in [0.29, 0.717) is 0 Å². The Hall–Kier alpha value is -0.300. The third kappa shape index (κ3) is 4.28. The molecule has 1 aliphatic rings. The fourth-order valence-corrected chi connectivity index (χ4v) is 2.13. The van der Waals surface area contributed by atoms with Crippen LogP contribution in [0.5, 0.6) is 0 Å². The largest absolute Gasteiger partial charge is 0.299 e. The van der Waals surface area contributed by atoms with E-state index < -0.39 is 0 Å². The lowest BCUT2D eigenvalue weighted by atomic mass is 10.0. The maximum absolute atomic E-state index is 2.59. The van der Waals surface area contributed by atoms with Crippen molar-refractivity contribution < 1.29 is 0 Å². The van der Waals surface area contributed by atoms with E-state index in [0.717, 1.165) is 5.92 Å². The minimum atomic E-state index is 0.750. The third-order valence-corrected chi connectivity index (χ3v) is 3.13. The Bertz CT molecular complexity index is 178. The Kier molecular flexibility index (Phi) is 5.24. The predicted octanol–water partition coefficient (Wildman–Crippen LogP) is 3.46. The lowest BCUT2D eigenvalue weighted by Gasteiger charge is -2.26. The molecule has 0 radical (unpaired) electrons. The Balaban J connectivity index is 2.30. The van der Waals surface area contributed by atoms with Crippen LogP contribution in [-0.2, 0) is 0 Å². The smallest absolute Gasteiger partial charge is 0.0190 e. The second-order valence-electron chi connectivity index (χ2n) is 4.74. The number of hydrogen-bond acceptors (Lipinski definition) is 1. The van der Waals surface area contributed by atoms with Gasteiger partial charge in [0, 0.05) is 6.54 Å². The molecule has 1 fully saturated rings. The van der Waals surface area contributed by atoms with Gasteiger partial charge in [-0.15, -0.1) is 0 Å². The highest BCUT2D eigenvalue weighted by Gasteiger charge is 2.09. The summed E-state index contributed by atoms with van der Waals surface area (Å²) in [7, 11) is 0. The van der Waals surface area contributed by atoms with Crippen LogP contribution in [0.1, 0.15) is 46.5 Å². The molecule has 1 nitrogen and oxygen atoms in total. The first kappa shape index (κ1) is 11.8. The summed E-state index contributed by atoms with van der Waals surface area (Å²) >= 11 is 0. The molecule has 0 amide bonds. The summed E-state index contributed by atoms with van der Waals surface area (Å²) in [6, 6.07) is 0. The van der Waals surface area contributed by atoms with E-state index in [9.17, 15) is 0 Å². The van der Waals surface area contributed by atoms with Crippen molar-refractivity contribution in [1.82, 2.24) is 4.90 Å². The Morgan fingerprint density at radius 1 is 1.29 bits per heavy atom. The number of likely N-dealkylation sites (tertiary alicyclic amines) is 1. The van der Waals surface area contributed by atoms with Gasteiger partial charge in [-0.1, -0.05) is 38.3 Å². The number of allylic oxidation sites excluding steroid dienone is 1. The van der Waals surface area contributed by atoms with Crippen LogP contribution in [0.2, 0.25) is 0 Å². The molecular formula is C13H25N. The van der Waals surface area contributed by atoms with Gasteiger partial charge in [-0.2, -0.15) is 0 Å². The third-order valence-electron chi connectivity index (χ3n) is 3.13. The van der Waals surface area contributed by atoms with Gasteiger partial charge in [0.1, 0.15) is 0 Å². The van der Waals surface area contributed by atoms with Crippen LogP contribution in [0.25, 0.3) is 0 Å². The SMILES string of the molecule is CCC(C)C=C(C)CN1CCCCC1. The standard InChI is InChI=1S/C13H25N/c1-4-12(2)10-13(3)11-14-8-6-5-7-9-14/h10,12H,4-9,11H2,1-3H3. The minimum Gasteiger partial charge on any atom is -0.299 e. The Morgan fingerprint density at radius 2 is 1.93 bits per heavy atom. The molecule has 82 valence electrons. The van der Waals surface area contributed by atoms with E-state index >= 15 is 0 Å². The van der Waals surface area contributed by atoms with Gasteiger partial charge in [-0.05, 0) is 38.8 Å². The van der Waals surface area contributed by atoms with Crippen LogP contribution in [0.15, 0.2) is 11.6 Å². The van der Waals surface area contributed by atoms with Gasteiger partial charge in [0.2, 0.25) is 0 Å². The topological polar surface area (TPSA) is 3.24 Å². The molecule has 1 unspecified atom stereocenters. The highest BCUT2D eigenvalue weighted by atomic mass is 15.1. The fraction of sp³-hybridized carbons (Fsp3) is 0.846. The predicted molar refractivity (Wildman–Crippen MR) is 63.5 cm³/mol. The van der Waals surface area contributed by atoms with Crippen LogP contribution in [0, 0.1) is 5.92 Å². The van der Waals surface area contributed by atoms with E-state index in [1.165, 1.54) is 45.3 Å². The lowest BCUT2D eigenvalue weighted by molar-refractivity contribution is 0.246. The first-order valence-corrected chi connectivity index (χ1v) is 6.12. The highest BCUT2D eigenvalue weighted by molar-refractivity contribution is 5.02. The van der Waals surface area contributed by atoms with E-state index in [1.807, 2.05) is 0 Å². The van der Waals surface area contributed by atoms with Crippen LogP contribution in [-0.4, -0.2) is 24.5 Å². The molecule has 14 heavy (non-hydrogen) atoms. The zero-order chi connectivity index (χ0) is 10.4. The van der Waals surface area contributed by atoms with Crippen molar-refractivity contribution in [1.29, 1.82) is 0 Å². The number of piperidine rings is 1. The zero-order valence-electron chi connectivity index (χ0n) is 10.1. The van der Waals surface area contributed by atoms with Crippen molar-refractivity contribution in [2.45, 2.75) is 46.5 Å². The molecule has 0 saturated carbocycles. The lowest BCUT2D eigenvalue weighted by Crippen LogP contribution is -2.31. The Labute approximate surface area is 89.2 Å². The van der Waals surface area contributed by atoms with Crippen LogP contribution >= 0.6 is 0 Å². The number of rotatable bonds is 4. The van der Waals surface area contributed by atoms with E-state index in [2.05, 4.69) is 31.7 Å². The fourth-order valence-electron chi connectivity index (χ4n) is 2.13. The van der Waals surface area contributed by atoms with Crippen molar-refractivity contribution in [2.24, 2.45) is 5.92 Å². The van der Waals surface area contributed by atoms with E-state index in [-0.39, 0.29) is 0 Å². The monoisotopic (exact) mass is 195 g/mol. The van der Waals surface area contributed by atoms with Gasteiger partial charge in [0.05, 0.1) is 0 Å². The first-order chi connectivity index (χ1) is 6.72. The van der Waals surface area contributed by atoms with Gasteiger partial charge in [-0.3, -0.25) is 4.90 Å². The quantitative estimate of drug-likeness (QED) is 0.621. The second-order valence-corrected chi connectivity index (χ2v) is 4.74. The van der Waals surface area contributed by atoms with Crippen LogP contribution in [0.4, 0.5) is 0 Å². The van der Waals surface area contributed by atoms with Crippen LogP contribution in [0.3, 0.4) is 0 Å². The molecule has 1 heterocycles. The number of nitrogens with zero attached hydrogens (tertiary/aromatic N) is 1. The first-order valence-electron chi connectivity index (χ1n) is 6.12. The minimum absolute atomic E-state index is 0.750. The van der Waals surface area contributed by atoms with Crippen molar-refractivity contribution in [3.8, 4) is 0 Å². The van der Waals surface area contributed by atoms with Gasteiger partial charge < -0.3 is 0 Å². The molecule has 1 saturated heterocycles. The molecule has 0 aromatic carbocycles. The summed E-state index contributed by atoms with van der Waals surface area (Å²) in [5.74, 6) is 0.750. The van der Waals surface area contributed by atoms with E-state index in [4.69, 9.17) is 0 Å². The molecule has 0 bridgehead atoms. The molecular weight excluding hydrogens is 170 g/mol. The average Bonchev–Trinajstić information content (AvgIpc) is 2.19. The van der Waals surface area contributed by atoms with E-state index in [1.54, 1.807) is 5.57 Å². The summed E-state index contributed by atoms with van der Waals surface area (Å²) in [6.07, 6.45) is 7.93. The summed E-state index contributed by atoms with van der Waals surface area (Å²) < 4.78 is 0. The molecule has 0 aromatic heterocycles. The molecule has 1 aliphatic heterocycles. The van der Waals surface area contributed by atoms with Gasteiger partial charge >= 0.3 is 0 Å². The van der Waals surface area contributed by atoms with Gasteiger partial charge in [-0.25, -0.2) is 0 Å². The normalized spacial score (nSPS) is 22.4. The highest BCUT2D eigenvalue weighted by Crippen LogP contribution is 2.12. The van der Waals surface area contributed by atoms with Crippen molar-refractivity contribution >= 4 is 0 Å². The molecule has 1 rings (SSSR count). The maximum Gasteiger partial charge on any atom is 0.0190 e. The molecule has 0 aliphatic carbocycles. The number of hydrogen-bond donors (Lipinski definition) is 0. The van der Waals surface area contributed by atoms with Gasteiger partial charge in [0.15, 0.2) is 0 Å². The summed E-state index contributed by atoms with van der Waals surface area (Å²) in [4.78, 5) is 2.59. The second kappa shape index (κ2) is 6.23. The summed E-state index contributed by atoms with van der Waals surface area (Å²) in [5.41, 5.74) is 1.56. The molecule has 1 heteroatoms. The Morgan fingerprint density at radius 3 is 2.50 bits per heavy atom. The van der Waals surface area contributed by atoms with Crippen molar-refractivity contribution in [3.63, 3.8) is 0 Å². The molecule has 1 atom stereocenters.